The van der Waals surface area contributed by atoms with E-state index in [2.05, 4.69) is 15.0 Å². The zero-order chi connectivity index (χ0) is 17.5. The molecule has 1 unspecified atom stereocenters. The lowest BCUT2D eigenvalue weighted by Crippen LogP contribution is -2.42. The van der Waals surface area contributed by atoms with Crippen LogP contribution in [0.3, 0.4) is 0 Å². The minimum Gasteiger partial charge on any atom is -0.465 e. The molecule has 0 radical (unpaired) electrons. The summed E-state index contributed by atoms with van der Waals surface area (Å²) in [7, 11) is 2.04. The number of carbonyl (C=O) groups is 2. The zero-order valence-corrected chi connectivity index (χ0v) is 14.6. The maximum atomic E-state index is 12.7. The molecule has 2 heterocycles. The van der Waals surface area contributed by atoms with Crippen LogP contribution in [0.1, 0.15) is 17.3 Å². The largest absolute Gasteiger partial charge is 0.465 e. The lowest BCUT2D eigenvalue weighted by Gasteiger charge is -2.30. The van der Waals surface area contributed by atoms with E-state index in [0.29, 0.717) is 0 Å². The molecule has 24 heavy (non-hydrogen) atoms. The van der Waals surface area contributed by atoms with Crippen LogP contribution in [0.5, 0.6) is 0 Å². The van der Waals surface area contributed by atoms with Gasteiger partial charge in [0.1, 0.15) is 5.15 Å². The van der Waals surface area contributed by atoms with E-state index in [9.17, 15) is 9.59 Å². The van der Waals surface area contributed by atoms with E-state index in [1.54, 1.807) is 13.0 Å². The monoisotopic (exact) mass is 352 g/mol. The Labute approximate surface area is 146 Å². The molecular formula is C16H21ClN4O3. The van der Waals surface area contributed by atoms with E-state index in [1.807, 2.05) is 12.1 Å². The Morgan fingerprint density at radius 2 is 2.12 bits per heavy atom. The first kappa shape index (κ1) is 18.4. The van der Waals surface area contributed by atoms with Crippen molar-refractivity contribution in [2.24, 2.45) is 11.0 Å². The van der Waals surface area contributed by atoms with E-state index in [1.165, 1.54) is 18.5 Å². The highest BCUT2D eigenvalue weighted by atomic mass is 35.5. The van der Waals surface area contributed by atoms with Gasteiger partial charge in [0, 0.05) is 38.6 Å². The van der Waals surface area contributed by atoms with Crippen LogP contribution < -0.4 is 0 Å². The second-order valence-corrected chi connectivity index (χ2v) is 5.82. The lowest BCUT2D eigenvalue weighted by atomic mass is 10.00. The number of likely N-dealkylation sites (N-methyl/N-ethyl adjacent to an activating group) is 1. The van der Waals surface area contributed by atoms with Crippen molar-refractivity contribution >= 4 is 29.6 Å². The molecular weight excluding hydrogens is 332 g/mol. The summed E-state index contributed by atoms with van der Waals surface area (Å²) in [6, 6.07) is 3.13. The average molecular weight is 353 g/mol. The summed E-state index contributed by atoms with van der Waals surface area (Å²) >= 11 is 5.97. The molecule has 8 heteroatoms. The smallest absolute Gasteiger partial charge is 0.322 e. The highest BCUT2D eigenvalue weighted by molar-refractivity contribution is 6.34. The summed E-state index contributed by atoms with van der Waals surface area (Å²) in [4.78, 5) is 30.9. The fourth-order valence-corrected chi connectivity index (χ4v) is 2.49. The van der Waals surface area contributed by atoms with Gasteiger partial charge in [-0.15, -0.1) is 0 Å². The number of halogens is 1. The molecule has 130 valence electrons. The number of carbonyl (C=O) groups excluding carboxylic acids is 2. The number of pyridine rings is 1. The van der Waals surface area contributed by atoms with Crippen molar-refractivity contribution in [2.45, 2.75) is 6.92 Å². The first-order valence-corrected chi connectivity index (χ1v) is 8.19. The van der Waals surface area contributed by atoms with Gasteiger partial charge in [0.25, 0.3) is 0 Å². The van der Waals surface area contributed by atoms with Crippen LogP contribution in [0.2, 0.25) is 5.15 Å². The Morgan fingerprint density at radius 3 is 2.75 bits per heavy atom. The zero-order valence-electron chi connectivity index (χ0n) is 13.8. The third-order valence-corrected chi connectivity index (χ3v) is 4.01. The number of Topliss-reactive ketones (excluding diaryl/α,β-unsaturated/α-hetero) is 1. The van der Waals surface area contributed by atoms with Crippen molar-refractivity contribution < 1.29 is 14.3 Å². The summed E-state index contributed by atoms with van der Waals surface area (Å²) < 4.78 is 5.00. The first-order chi connectivity index (χ1) is 11.5. The van der Waals surface area contributed by atoms with Gasteiger partial charge in [-0.25, -0.2) is 4.98 Å². The summed E-state index contributed by atoms with van der Waals surface area (Å²) in [5.41, 5.74) is 0.182. The standard InChI is InChI=1S/C16H21ClN4O3/c1-3-24-16(23)13(11-19-21-9-7-20(2)8-10-21)14(22)12-5-4-6-18-15(12)17/h4-6,11,13H,3,7-10H2,1-2H3. The number of ether oxygens (including phenoxy) is 1. The van der Waals surface area contributed by atoms with Gasteiger partial charge < -0.3 is 9.64 Å². The number of hydrogen-bond acceptors (Lipinski definition) is 7. The van der Waals surface area contributed by atoms with Gasteiger partial charge in [0.05, 0.1) is 12.2 Å². The van der Waals surface area contributed by atoms with Gasteiger partial charge in [-0.1, -0.05) is 11.6 Å². The van der Waals surface area contributed by atoms with Gasteiger partial charge in [0.15, 0.2) is 11.7 Å². The Morgan fingerprint density at radius 1 is 1.42 bits per heavy atom. The van der Waals surface area contributed by atoms with E-state index in [0.717, 1.165) is 26.2 Å². The molecule has 0 aliphatic carbocycles. The fourth-order valence-electron chi connectivity index (χ4n) is 2.28. The number of hydrazone groups is 1. The highest BCUT2D eigenvalue weighted by Crippen LogP contribution is 2.17. The van der Waals surface area contributed by atoms with Gasteiger partial charge in [0.2, 0.25) is 0 Å². The number of esters is 1. The molecule has 2 rings (SSSR count). The molecule has 0 saturated carbocycles. The van der Waals surface area contributed by atoms with Crippen molar-refractivity contribution in [3.63, 3.8) is 0 Å². The molecule has 0 amide bonds. The molecule has 1 fully saturated rings. The Kier molecular flexibility index (Phi) is 6.69. The Bertz CT molecular complexity index is 615. The molecule has 1 saturated heterocycles. The maximum Gasteiger partial charge on any atom is 0.322 e. The van der Waals surface area contributed by atoms with Crippen molar-refractivity contribution in [1.82, 2.24) is 14.9 Å². The minimum atomic E-state index is -1.13. The molecule has 0 bridgehead atoms. The van der Waals surface area contributed by atoms with E-state index in [4.69, 9.17) is 16.3 Å². The van der Waals surface area contributed by atoms with Crippen molar-refractivity contribution in [2.75, 3.05) is 39.8 Å². The van der Waals surface area contributed by atoms with Gasteiger partial charge >= 0.3 is 5.97 Å². The van der Waals surface area contributed by atoms with E-state index < -0.39 is 17.7 Å². The number of ketones is 1. The van der Waals surface area contributed by atoms with Crippen LogP contribution in [0, 0.1) is 5.92 Å². The molecule has 1 aliphatic heterocycles. The number of piperazine rings is 1. The molecule has 1 aromatic rings. The quantitative estimate of drug-likeness (QED) is 0.253. The van der Waals surface area contributed by atoms with Crippen LogP contribution in [0.25, 0.3) is 0 Å². The minimum absolute atomic E-state index is 0.0600. The number of hydrogen-bond donors (Lipinski definition) is 0. The van der Waals surface area contributed by atoms with Crippen LogP contribution in [-0.2, 0) is 9.53 Å². The second kappa shape index (κ2) is 8.75. The molecule has 1 aliphatic rings. The van der Waals surface area contributed by atoms with Gasteiger partial charge in [-0.3, -0.25) is 14.6 Å². The summed E-state index contributed by atoms with van der Waals surface area (Å²) in [5, 5.41) is 6.19. The Balaban J connectivity index is 2.17. The number of nitrogens with zero attached hydrogens (tertiary/aromatic N) is 4. The van der Waals surface area contributed by atoms with Crippen LogP contribution in [0.15, 0.2) is 23.4 Å². The lowest BCUT2D eigenvalue weighted by molar-refractivity contribution is -0.144. The normalized spacial score (nSPS) is 17.0. The van der Waals surface area contributed by atoms with Crippen molar-refractivity contribution in [3.8, 4) is 0 Å². The van der Waals surface area contributed by atoms with Crippen LogP contribution >= 0.6 is 11.6 Å². The average Bonchev–Trinajstić information content (AvgIpc) is 2.57. The molecule has 7 nitrogen and oxygen atoms in total. The fraction of sp³-hybridized carbons (Fsp3) is 0.500. The number of rotatable bonds is 6. The molecule has 0 N–H and O–H groups in total. The van der Waals surface area contributed by atoms with Gasteiger partial charge in [-0.2, -0.15) is 5.10 Å². The molecule has 1 atom stereocenters. The molecule has 1 aromatic heterocycles. The van der Waals surface area contributed by atoms with Crippen LogP contribution in [-0.4, -0.2) is 72.7 Å². The summed E-state index contributed by atoms with van der Waals surface area (Å²) in [6.07, 6.45) is 2.83. The first-order valence-electron chi connectivity index (χ1n) is 7.82. The molecule has 0 spiro atoms. The van der Waals surface area contributed by atoms with Gasteiger partial charge in [-0.05, 0) is 26.1 Å². The van der Waals surface area contributed by atoms with Crippen LogP contribution in [0.4, 0.5) is 0 Å². The third-order valence-electron chi connectivity index (χ3n) is 3.71. The van der Waals surface area contributed by atoms with Crippen molar-refractivity contribution in [1.29, 1.82) is 0 Å². The predicted molar refractivity (Wildman–Crippen MR) is 91.3 cm³/mol. The van der Waals surface area contributed by atoms with Crippen molar-refractivity contribution in [3.05, 3.63) is 29.0 Å². The SMILES string of the molecule is CCOC(=O)C(C=NN1CCN(C)CC1)C(=O)c1cccnc1Cl. The second-order valence-electron chi connectivity index (χ2n) is 5.46. The third kappa shape index (κ3) is 4.75. The topological polar surface area (TPSA) is 75.1 Å². The predicted octanol–water partition coefficient (Wildman–Crippen LogP) is 1.33. The summed E-state index contributed by atoms with van der Waals surface area (Å²) in [5.74, 6) is -2.24. The molecule has 0 aromatic carbocycles. The number of aromatic nitrogens is 1. The van der Waals surface area contributed by atoms with E-state index in [-0.39, 0.29) is 17.3 Å². The highest BCUT2D eigenvalue weighted by Gasteiger charge is 2.29. The summed E-state index contributed by atoms with van der Waals surface area (Å²) in [6.45, 7) is 5.11. The van der Waals surface area contributed by atoms with E-state index >= 15 is 0 Å². The Hall–Kier alpha value is -1.99. The maximum absolute atomic E-state index is 12.7.